The van der Waals surface area contributed by atoms with Crippen LogP contribution in [0.1, 0.15) is 93.4 Å². The molecule has 0 aromatic heterocycles. The molecule has 4 aliphatic rings. The van der Waals surface area contributed by atoms with Gasteiger partial charge in [0, 0.05) is 5.41 Å². The molecule has 0 spiro atoms. The van der Waals surface area contributed by atoms with E-state index in [1.165, 1.54) is 38.5 Å². The van der Waals surface area contributed by atoms with Gasteiger partial charge in [0.25, 0.3) is 0 Å². The Morgan fingerprint density at radius 1 is 0.960 bits per heavy atom. The minimum Gasteiger partial charge on any atom is -0.459 e. The van der Waals surface area contributed by atoms with Crippen molar-refractivity contribution in [2.24, 2.45) is 40.4 Å². The van der Waals surface area contributed by atoms with Crippen LogP contribution >= 0.6 is 0 Å². The van der Waals surface area contributed by atoms with Crippen molar-refractivity contribution in [1.29, 1.82) is 0 Å². The Bertz CT molecular complexity index is 481. The van der Waals surface area contributed by atoms with Gasteiger partial charge in [-0.3, -0.25) is 4.79 Å². The van der Waals surface area contributed by atoms with Gasteiger partial charge < -0.3 is 4.74 Å². The SMILES string of the molecule is CC(C)CC(C)(C(=O)OC(C)(C)C12CC3CC(CC(C3)C1)C2)C(C)C. The first-order valence-corrected chi connectivity index (χ1v) is 10.7. The van der Waals surface area contributed by atoms with Crippen LogP contribution in [0.4, 0.5) is 0 Å². The lowest BCUT2D eigenvalue weighted by atomic mass is 9.46. The molecule has 0 saturated heterocycles. The fourth-order valence-electron chi connectivity index (χ4n) is 6.71. The molecule has 0 aromatic carbocycles. The standard InChI is InChI=1S/C23H40O2/c1-15(2)11-22(7,16(3)4)20(24)25-21(5,6)23-12-17-8-18(13-23)10-19(9-17)14-23/h15-19H,8-14H2,1-7H3. The van der Waals surface area contributed by atoms with Crippen LogP contribution in [0.3, 0.4) is 0 Å². The molecule has 0 heterocycles. The van der Waals surface area contributed by atoms with Crippen molar-refractivity contribution in [2.45, 2.75) is 99.0 Å². The van der Waals surface area contributed by atoms with Crippen molar-refractivity contribution < 1.29 is 9.53 Å². The third kappa shape index (κ3) is 3.28. The summed E-state index contributed by atoms with van der Waals surface area (Å²) in [5, 5.41) is 0. The number of carbonyl (C=O) groups excluding carboxylic acids is 1. The Kier molecular flexibility index (Phi) is 4.83. The third-order valence-corrected chi connectivity index (χ3v) is 8.24. The normalized spacial score (nSPS) is 36.8. The van der Waals surface area contributed by atoms with Crippen LogP contribution in [-0.4, -0.2) is 11.6 Å². The van der Waals surface area contributed by atoms with Crippen molar-refractivity contribution in [1.82, 2.24) is 0 Å². The average molecular weight is 349 g/mol. The summed E-state index contributed by atoms with van der Waals surface area (Å²) in [5.41, 5.74) is -0.492. The molecule has 4 saturated carbocycles. The zero-order valence-electron chi connectivity index (χ0n) is 17.7. The minimum absolute atomic E-state index is 0.0388. The van der Waals surface area contributed by atoms with E-state index in [1.807, 2.05) is 0 Å². The van der Waals surface area contributed by atoms with Crippen LogP contribution in [-0.2, 0) is 9.53 Å². The summed E-state index contributed by atoms with van der Waals surface area (Å²) in [4.78, 5) is 13.3. The monoisotopic (exact) mass is 348 g/mol. The summed E-state index contributed by atoms with van der Waals surface area (Å²) in [6.45, 7) is 15.3. The highest BCUT2D eigenvalue weighted by atomic mass is 16.6. The van der Waals surface area contributed by atoms with Gasteiger partial charge in [-0.15, -0.1) is 0 Å². The maximum atomic E-state index is 13.3. The van der Waals surface area contributed by atoms with Gasteiger partial charge in [0.2, 0.25) is 0 Å². The molecule has 0 aromatic rings. The molecule has 4 rings (SSSR count). The zero-order chi connectivity index (χ0) is 18.6. The Morgan fingerprint density at radius 3 is 1.76 bits per heavy atom. The second kappa shape index (κ2) is 6.27. The lowest BCUT2D eigenvalue weighted by molar-refractivity contribution is -0.209. The van der Waals surface area contributed by atoms with E-state index in [2.05, 4.69) is 48.5 Å². The molecule has 1 atom stereocenters. The molecule has 0 N–H and O–H groups in total. The molecule has 0 radical (unpaired) electrons. The number of rotatable bonds is 6. The lowest BCUT2D eigenvalue weighted by Gasteiger charge is -2.61. The van der Waals surface area contributed by atoms with Gasteiger partial charge in [-0.25, -0.2) is 0 Å². The number of carbonyl (C=O) groups is 1. The molecule has 1 unspecified atom stereocenters. The van der Waals surface area contributed by atoms with Gasteiger partial charge in [-0.1, -0.05) is 27.7 Å². The van der Waals surface area contributed by atoms with E-state index in [-0.39, 0.29) is 22.4 Å². The van der Waals surface area contributed by atoms with Crippen LogP contribution < -0.4 is 0 Å². The lowest BCUT2D eigenvalue weighted by Crippen LogP contribution is -2.58. The van der Waals surface area contributed by atoms with Gasteiger partial charge in [-0.05, 0) is 95.3 Å². The molecular weight excluding hydrogens is 308 g/mol. The van der Waals surface area contributed by atoms with E-state index in [9.17, 15) is 4.79 Å². The van der Waals surface area contributed by atoms with Gasteiger partial charge >= 0.3 is 5.97 Å². The molecule has 4 aliphatic carbocycles. The average Bonchev–Trinajstić information content (AvgIpc) is 2.43. The second-order valence-electron chi connectivity index (χ2n) is 11.3. The molecule has 2 heteroatoms. The topological polar surface area (TPSA) is 26.3 Å². The molecule has 4 fully saturated rings. The minimum atomic E-state index is -0.381. The van der Waals surface area contributed by atoms with Crippen molar-refractivity contribution in [3.63, 3.8) is 0 Å². The Labute approximate surface area is 155 Å². The molecule has 144 valence electrons. The fourth-order valence-corrected chi connectivity index (χ4v) is 6.71. The van der Waals surface area contributed by atoms with Crippen LogP contribution in [0, 0.1) is 40.4 Å². The predicted molar refractivity (Wildman–Crippen MR) is 103 cm³/mol. The second-order valence-corrected chi connectivity index (χ2v) is 11.3. The number of hydrogen-bond acceptors (Lipinski definition) is 2. The Hall–Kier alpha value is -0.530. The summed E-state index contributed by atoms with van der Waals surface area (Å²) in [7, 11) is 0. The van der Waals surface area contributed by atoms with E-state index in [0.29, 0.717) is 11.8 Å². The van der Waals surface area contributed by atoms with Crippen LogP contribution in [0.25, 0.3) is 0 Å². The van der Waals surface area contributed by atoms with Crippen molar-refractivity contribution in [2.75, 3.05) is 0 Å². The van der Waals surface area contributed by atoms with Gasteiger partial charge in [0.05, 0.1) is 5.41 Å². The first-order chi connectivity index (χ1) is 11.5. The largest absolute Gasteiger partial charge is 0.459 e. The van der Waals surface area contributed by atoms with Crippen molar-refractivity contribution in [3.8, 4) is 0 Å². The van der Waals surface area contributed by atoms with Crippen LogP contribution in [0.2, 0.25) is 0 Å². The number of esters is 1. The first kappa shape index (κ1) is 19.2. The highest BCUT2D eigenvalue weighted by Crippen LogP contribution is 2.64. The van der Waals surface area contributed by atoms with Gasteiger partial charge in [0.1, 0.15) is 5.60 Å². The van der Waals surface area contributed by atoms with Crippen molar-refractivity contribution in [3.05, 3.63) is 0 Å². The molecule has 2 nitrogen and oxygen atoms in total. The predicted octanol–water partition coefficient (Wildman–Crippen LogP) is 6.23. The van der Waals surface area contributed by atoms with Crippen LogP contribution in [0.15, 0.2) is 0 Å². The highest BCUT2D eigenvalue weighted by Gasteiger charge is 2.59. The zero-order valence-corrected chi connectivity index (χ0v) is 17.7. The first-order valence-electron chi connectivity index (χ1n) is 10.7. The van der Waals surface area contributed by atoms with Gasteiger partial charge in [0.15, 0.2) is 0 Å². The number of ether oxygens (including phenoxy) is 1. The summed E-state index contributed by atoms with van der Waals surface area (Å²) >= 11 is 0. The summed E-state index contributed by atoms with van der Waals surface area (Å²) < 4.78 is 6.41. The summed E-state index contributed by atoms with van der Waals surface area (Å²) in [5.74, 6) is 3.50. The summed E-state index contributed by atoms with van der Waals surface area (Å²) in [6, 6.07) is 0. The van der Waals surface area contributed by atoms with E-state index in [4.69, 9.17) is 4.74 Å². The van der Waals surface area contributed by atoms with E-state index >= 15 is 0 Å². The quantitative estimate of drug-likeness (QED) is 0.532. The maximum Gasteiger partial charge on any atom is 0.312 e. The van der Waals surface area contributed by atoms with E-state index < -0.39 is 0 Å². The Balaban J connectivity index is 1.80. The molecule has 0 aliphatic heterocycles. The fraction of sp³-hybridized carbons (Fsp3) is 0.957. The summed E-state index contributed by atoms with van der Waals surface area (Å²) in [6.07, 6.45) is 9.03. The van der Waals surface area contributed by atoms with Crippen LogP contribution in [0.5, 0.6) is 0 Å². The smallest absolute Gasteiger partial charge is 0.312 e. The number of hydrogen-bond donors (Lipinski definition) is 0. The molecule has 4 bridgehead atoms. The molecular formula is C23H40O2. The molecule has 25 heavy (non-hydrogen) atoms. The molecule has 0 amide bonds. The van der Waals surface area contributed by atoms with Gasteiger partial charge in [-0.2, -0.15) is 0 Å². The van der Waals surface area contributed by atoms with E-state index in [1.54, 1.807) is 0 Å². The Morgan fingerprint density at radius 2 is 1.40 bits per heavy atom. The van der Waals surface area contributed by atoms with E-state index in [0.717, 1.165) is 24.2 Å². The maximum absolute atomic E-state index is 13.3. The van der Waals surface area contributed by atoms with Crippen molar-refractivity contribution >= 4 is 5.97 Å². The highest BCUT2D eigenvalue weighted by molar-refractivity contribution is 5.77. The third-order valence-electron chi connectivity index (χ3n) is 8.24.